The lowest BCUT2D eigenvalue weighted by atomic mass is 9.91. The second-order valence-electron chi connectivity index (χ2n) is 4.96. The van der Waals surface area contributed by atoms with Crippen molar-refractivity contribution in [1.82, 2.24) is 5.32 Å². The molecule has 0 aromatic carbocycles. The third kappa shape index (κ3) is 3.19. The molecule has 1 aliphatic carbocycles. The molecule has 1 saturated heterocycles. The molecular formula is C12H22N2O2. The lowest BCUT2D eigenvalue weighted by molar-refractivity contribution is -0.124. The van der Waals surface area contributed by atoms with Gasteiger partial charge in [0.1, 0.15) is 0 Å². The van der Waals surface area contributed by atoms with Gasteiger partial charge in [0.25, 0.3) is 0 Å². The molecule has 2 aliphatic rings. The van der Waals surface area contributed by atoms with Crippen LogP contribution in [-0.2, 0) is 9.53 Å². The van der Waals surface area contributed by atoms with Gasteiger partial charge in [0, 0.05) is 18.7 Å². The van der Waals surface area contributed by atoms with Gasteiger partial charge >= 0.3 is 0 Å². The summed E-state index contributed by atoms with van der Waals surface area (Å²) in [5, 5.41) is 3.05. The highest BCUT2D eigenvalue weighted by atomic mass is 16.5. The van der Waals surface area contributed by atoms with Crippen LogP contribution in [0.3, 0.4) is 0 Å². The zero-order chi connectivity index (χ0) is 11.4. The second-order valence-corrected chi connectivity index (χ2v) is 4.96. The van der Waals surface area contributed by atoms with Gasteiger partial charge in [-0.05, 0) is 25.7 Å². The quantitative estimate of drug-likeness (QED) is 0.753. The first-order chi connectivity index (χ1) is 7.75. The van der Waals surface area contributed by atoms with E-state index in [0.717, 1.165) is 32.3 Å². The van der Waals surface area contributed by atoms with E-state index in [-0.39, 0.29) is 24.1 Å². The van der Waals surface area contributed by atoms with Crippen molar-refractivity contribution in [3.8, 4) is 0 Å². The van der Waals surface area contributed by atoms with Crippen molar-refractivity contribution in [1.29, 1.82) is 0 Å². The van der Waals surface area contributed by atoms with Crippen LogP contribution >= 0.6 is 0 Å². The summed E-state index contributed by atoms with van der Waals surface area (Å²) in [5.74, 6) is 0.106. The van der Waals surface area contributed by atoms with E-state index in [1.54, 1.807) is 0 Å². The molecule has 1 amide bonds. The van der Waals surface area contributed by atoms with E-state index in [9.17, 15) is 4.79 Å². The molecule has 1 aliphatic heterocycles. The van der Waals surface area contributed by atoms with Gasteiger partial charge in [-0.1, -0.05) is 12.8 Å². The highest BCUT2D eigenvalue weighted by molar-refractivity contribution is 5.76. The molecular weight excluding hydrogens is 204 g/mol. The van der Waals surface area contributed by atoms with E-state index in [0.29, 0.717) is 6.42 Å². The van der Waals surface area contributed by atoms with Crippen molar-refractivity contribution >= 4 is 5.91 Å². The molecule has 16 heavy (non-hydrogen) atoms. The molecule has 0 radical (unpaired) electrons. The van der Waals surface area contributed by atoms with Crippen LogP contribution in [0.25, 0.3) is 0 Å². The van der Waals surface area contributed by atoms with E-state index < -0.39 is 0 Å². The van der Waals surface area contributed by atoms with Crippen molar-refractivity contribution in [3.63, 3.8) is 0 Å². The number of hydrogen-bond acceptors (Lipinski definition) is 3. The first kappa shape index (κ1) is 11.9. The second kappa shape index (κ2) is 5.64. The van der Waals surface area contributed by atoms with Crippen LogP contribution in [0, 0.1) is 0 Å². The Hall–Kier alpha value is -0.610. The monoisotopic (exact) mass is 226 g/mol. The summed E-state index contributed by atoms with van der Waals surface area (Å²) in [5.41, 5.74) is 5.99. The van der Waals surface area contributed by atoms with Gasteiger partial charge in [-0.25, -0.2) is 0 Å². The Morgan fingerprint density at radius 1 is 1.25 bits per heavy atom. The molecule has 0 aromatic heterocycles. The average molecular weight is 226 g/mol. The molecule has 2 fully saturated rings. The van der Waals surface area contributed by atoms with E-state index in [1.165, 1.54) is 12.8 Å². The molecule has 1 unspecified atom stereocenters. The Morgan fingerprint density at radius 3 is 2.75 bits per heavy atom. The van der Waals surface area contributed by atoms with Gasteiger partial charge < -0.3 is 15.8 Å². The van der Waals surface area contributed by atoms with E-state index >= 15 is 0 Å². The Labute approximate surface area is 96.9 Å². The maximum Gasteiger partial charge on any atom is 0.222 e. The maximum atomic E-state index is 11.8. The molecule has 3 atom stereocenters. The number of rotatable bonds is 3. The molecule has 0 aromatic rings. The highest BCUT2D eigenvalue weighted by Gasteiger charge is 2.25. The summed E-state index contributed by atoms with van der Waals surface area (Å²) in [7, 11) is 0. The van der Waals surface area contributed by atoms with Gasteiger partial charge in [-0.15, -0.1) is 0 Å². The molecule has 0 spiro atoms. The van der Waals surface area contributed by atoms with Crippen molar-refractivity contribution in [2.45, 2.75) is 63.1 Å². The van der Waals surface area contributed by atoms with Gasteiger partial charge in [0.05, 0.1) is 12.5 Å². The molecule has 2 rings (SSSR count). The first-order valence-electron chi connectivity index (χ1n) is 6.42. The van der Waals surface area contributed by atoms with Crippen LogP contribution in [-0.4, -0.2) is 30.7 Å². The minimum Gasteiger partial charge on any atom is -0.378 e. The smallest absolute Gasteiger partial charge is 0.222 e. The summed E-state index contributed by atoms with van der Waals surface area (Å²) >= 11 is 0. The molecule has 0 bridgehead atoms. The average Bonchev–Trinajstić information content (AvgIpc) is 2.74. The van der Waals surface area contributed by atoms with Gasteiger partial charge in [-0.3, -0.25) is 4.79 Å². The Balaban J connectivity index is 1.72. The first-order valence-corrected chi connectivity index (χ1v) is 6.42. The summed E-state index contributed by atoms with van der Waals surface area (Å²) in [6.07, 6.45) is 7.18. The normalized spacial score (nSPS) is 34.9. The highest BCUT2D eigenvalue weighted by Crippen LogP contribution is 2.18. The number of carbonyl (C=O) groups is 1. The van der Waals surface area contributed by atoms with Crippen molar-refractivity contribution in [2.75, 3.05) is 6.61 Å². The van der Waals surface area contributed by atoms with Crippen LogP contribution in [0.5, 0.6) is 0 Å². The number of ether oxygens (including phenoxy) is 1. The minimum atomic E-state index is 0.106. The molecule has 3 N–H and O–H groups in total. The summed E-state index contributed by atoms with van der Waals surface area (Å²) in [6, 6.07) is 0.324. The van der Waals surface area contributed by atoms with Crippen molar-refractivity contribution < 1.29 is 9.53 Å². The van der Waals surface area contributed by atoms with Gasteiger partial charge in [-0.2, -0.15) is 0 Å². The Morgan fingerprint density at radius 2 is 2.06 bits per heavy atom. The van der Waals surface area contributed by atoms with Gasteiger partial charge in [0.2, 0.25) is 5.91 Å². The predicted molar refractivity (Wildman–Crippen MR) is 62.0 cm³/mol. The number of nitrogens with one attached hydrogen (secondary N) is 1. The van der Waals surface area contributed by atoms with Crippen LogP contribution in [0.15, 0.2) is 0 Å². The van der Waals surface area contributed by atoms with E-state index in [4.69, 9.17) is 10.5 Å². The standard InChI is InChI=1S/C12H22N2O2/c13-10-5-1-2-6-11(10)14-12(15)8-9-4-3-7-16-9/h9-11H,1-8,13H2,(H,14,15)/t9?,10-,11-/m1/s1. The molecule has 4 heteroatoms. The Bertz CT molecular complexity index is 239. The fourth-order valence-electron chi connectivity index (χ4n) is 2.62. The Kier molecular flexibility index (Phi) is 4.18. The fourth-order valence-corrected chi connectivity index (χ4v) is 2.62. The van der Waals surface area contributed by atoms with Crippen LogP contribution < -0.4 is 11.1 Å². The van der Waals surface area contributed by atoms with E-state index in [1.807, 2.05) is 0 Å². The SMILES string of the molecule is N[C@@H]1CCCC[C@H]1NC(=O)CC1CCCO1. The predicted octanol–water partition coefficient (Wildman–Crippen LogP) is 0.942. The number of hydrogen-bond donors (Lipinski definition) is 2. The largest absolute Gasteiger partial charge is 0.378 e. The minimum absolute atomic E-state index is 0.106. The lowest BCUT2D eigenvalue weighted by Crippen LogP contribution is -2.49. The fraction of sp³-hybridized carbons (Fsp3) is 0.917. The molecule has 1 heterocycles. The molecule has 4 nitrogen and oxygen atoms in total. The summed E-state index contributed by atoms with van der Waals surface area (Å²) in [6.45, 7) is 0.806. The third-order valence-corrected chi connectivity index (χ3v) is 3.60. The number of carbonyl (C=O) groups excluding carboxylic acids is 1. The number of amides is 1. The van der Waals surface area contributed by atoms with Crippen molar-refractivity contribution in [2.24, 2.45) is 5.73 Å². The topological polar surface area (TPSA) is 64.3 Å². The van der Waals surface area contributed by atoms with Crippen LogP contribution in [0.4, 0.5) is 0 Å². The van der Waals surface area contributed by atoms with E-state index in [2.05, 4.69) is 5.32 Å². The third-order valence-electron chi connectivity index (χ3n) is 3.60. The van der Waals surface area contributed by atoms with Gasteiger partial charge in [0.15, 0.2) is 0 Å². The zero-order valence-corrected chi connectivity index (χ0v) is 9.78. The summed E-state index contributed by atoms with van der Waals surface area (Å²) < 4.78 is 5.45. The molecule has 1 saturated carbocycles. The van der Waals surface area contributed by atoms with Crippen LogP contribution in [0.2, 0.25) is 0 Å². The van der Waals surface area contributed by atoms with Crippen molar-refractivity contribution in [3.05, 3.63) is 0 Å². The zero-order valence-electron chi connectivity index (χ0n) is 9.78. The lowest BCUT2D eigenvalue weighted by Gasteiger charge is -2.29. The molecule has 92 valence electrons. The maximum absolute atomic E-state index is 11.8. The summed E-state index contributed by atoms with van der Waals surface area (Å²) in [4.78, 5) is 11.8. The number of nitrogens with two attached hydrogens (primary N) is 1. The van der Waals surface area contributed by atoms with Crippen LogP contribution in [0.1, 0.15) is 44.9 Å².